The maximum atomic E-state index is 13.9. The summed E-state index contributed by atoms with van der Waals surface area (Å²) in [5.74, 6) is -1.09. The molecular weight excluding hydrogens is 421 g/mol. The van der Waals surface area contributed by atoms with Crippen molar-refractivity contribution >= 4 is 28.3 Å². The summed E-state index contributed by atoms with van der Waals surface area (Å²) < 4.78 is 15.4. The molecular formula is C26H22FN3O3. The predicted molar refractivity (Wildman–Crippen MR) is 125 cm³/mol. The Morgan fingerprint density at radius 2 is 1.73 bits per heavy atom. The van der Waals surface area contributed by atoms with Gasteiger partial charge in [-0.25, -0.2) is 4.39 Å². The minimum absolute atomic E-state index is 0.0315. The molecule has 0 spiro atoms. The van der Waals surface area contributed by atoms with E-state index in [2.05, 4.69) is 24.1 Å². The van der Waals surface area contributed by atoms with Gasteiger partial charge in [-0.2, -0.15) is 0 Å². The molecule has 6 nitrogen and oxygen atoms in total. The summed E-state index contributed by atoms with van der Waals surface area (Å²) >= 11 is 0. The first kappa shape index (κ1) is 22.1. The summed E-state index contributed by atoms with van der Waals surface area (Å²) in [6.45, 7) is 4.01. The summed E-state index contributed by atoms with van der Waals surface area (Å²) in [4.78, 5) is 42.6. The summed E-state index contributed by atoms with van der Waals surface area (Å²) in [6.07, 6.45) is 4.25. The molecule has 1 amide bonds. The SMILES string of the molecule is CC(C)c1ccc(NC(=O)Cn2cc(C(=O)c3ccncc3)c(=O)c3cc(F)ccc32)cc1. The standard InChI is InChI=1S/C26H22FN3O3/c1-16(2)17-3-6-20(7-4-17)29-24(31)15-30-14-22(25(32)18-9-11-28-12-10-18)26(33)21-13-19(27)5-8-23(21)30/h3-14,16H,15H2,1-2H3,(H,29,31). The van der Waals surface area contributed by atoms with Crippen LogP contribution in [0.15, 0.2) is 78.0 Å². The second kappa shape index (κ2) is 9.16. The molecule has 2 aromatic heterocycles. The van der Waals surface area contributed by atoms with Crippen molar-refractivity contribution < 1.29 is 14.0 Å². The topological polar surface area (TPSA) is 81.1 Å². The molecule has 4 rings (SSSR count). The highest BCUT2D eigenvalue weighted by Gasteiger charge is 2.18. The minimum Gasteiger partial charge on any atom is -0.337 e. The number of carbonyl (C=O) groups excluding carboxylic acids is 2. The number of rotatable bonds is 6. The molecule has 0 aliphatic rings. The lowest BCUT2D eigenvalue weighted by Crippen LogP contribution is -2.24. The maximum absolute atomic E-state index is 13.9. The fourth-order valence-electron chi connectivity index (χ4n) is 3.63. The molecule has 0 unspecified atom stereocenters. The Balaban J connectivity index is 1.70. The number of ketones is 1. The monoisotopic (exact) mass is 443 g/mol. The zero-order chi connectivity index (χ0) is 23.5. The second-order valence-electron chi connectivity index (χ2n) is 8.05. The average Bonchev–Trinajstić information content (AvgIpc) is 2.81. The molecule has 0 radical (unpaired) electrons. The highest BCUT2D eigenvalue weighted by molar-refractivity contribution is 6.10. The Labute approximate surface area is 189 Å². The van der Waals surface area contributed by atoms with E-state index in [1.165, 1.54) is 47.4 Å². The van der Waals surface area contributed by atoms with Crippen molar-refractivity contribution in [3.63, 3.8) is 0 Å². The normalized spacial score (nSPS) is 11.0. The Morgan fingerprint density at radius 1 is 1.03 bits per heavy atom. The largest absolute Gasteiger partial charge is 0.337 e. The van der Waals surface area contributed by atoms with E-state index in [1.54, 1.807) is 0 Å². The van der Waals surface area contributed by atoms with Crippen LogP contribution in [0.3, 0.4) is 0 Å². The zero-order valence-electron chi connectivity index (χ0n) is 18.2. The van der Waals surface area contributed by atoms with Gasteiger partial charge < -0.3 is 9.88 Å². The van der Waals surface area contributed by atoms with Crippen molar-refractivity contribution in [1.82, 2.24) is 9.55 Å². The zero-order valence-corrected chi connectivity index (χ0v) is 18.2. The number of nitrogens with zero attached hydrogens (tertiary/aromatic N) is 2. The van der Waals surface area contributed by atoms with Crippen molar-refractivity contribution in [2.45, 2.75) is 26.3 Å². The second-order valence-corrected chi connectivity index (χ2v) is 8.05. The molecule has 33 heavy (non-hydrogen) atoms. The Bertz CT molecular complexity index is 1390. The minimum atomic E-state index is -0.602. The van der Waals surface area contributed by atoms with Crippen LogP contribution in [0.2, 0.25) is 0 Å². The third-order valence-corrected chi connectivity index (χ3v) is 5.40. The number of fused-ring (bicyclic) bond motifs is 1. The van der Waals surface area contributed by atoms with E-state index in [1.807, 2.05) is 24.3 Å². The van der Waals surface area contributed by atoms with Crippen LogP contribution in [0.1, 0.15) is 41.3 Å². The maximum Gasteiger partial charge on any atom is 0.244 e. The number of carbonyl (C=O) groups is 2. The third kappa shape index (κ3) is 4.72. The van der Waals surface area contributed by atoms with Gasteiger partial charge in [0.25, 0.3) is 0 Å². The van der Waals surface area contributed by atoms with Gasteiger partial charge in [0.05, 0.1) is 11.1 Å². The Hall–Kier alpha value is -4.13. The van der Waals surface area contributed by atoms with E-state index in [4.69, 9.17) is 0 Å². The van der Waals surface area contributed by atoms with Crippen LogP contribution >= 0.6 is 0 Å². The molecule has 0 aliphatic carbocycles. The van der Waals surface area contributed by atoms with Crippen LogP contribution in [-0.2, 0) is 11.3 Å². The quantitative estimate of drug-likeness (QED) is 0.444. The molecule has 0 saturated carbocycles. The lowest BCUT2D eigenvalue weighted by atomic mass is 10.0. The fraction of sp³-hybridized carbons (Fsp3) is 0.154. The van der Waals surface area contributed by atoms with Crippen LogP contribution in [-0.4, -0.2) is 21.2 Å². The highest BCUT2D eigenvalue weighted by Crippen LogP contribution is 2.19. The molecule has 0 aliphatic heterocycles. The molecule has 0 atom stereocenters. The summed E-state index contributed by atoms with van der Waals surface area (Å²) in [7, 11) is 0. The van der Waals surface area contributed by atoms with Crippen LogP contribution in [0, 0.1) is 5.82 Å². The smallest absolute Gasteiger partial charge is 0.244 e. The van der Waals surface area contributed by atoms with E-state index in [0.717, 1.165) is 11.6 Å². The summed E-state index contributed by atoms with van der Waals surface area (Å²) in [6, 6.07) is 14.3. The number of hydrogen-bond acceptors (Lipinski definition) is 4. The number of hydrogen-bond donors (Lipinski definition) is 1. The number of nitrogens with one attached hydrogen (secondary N) is 1. The van der Waals surface area contributed by atoms with Crippen LogP contribution in [0.25, 0.3) is 10.9 Å². The molecule has 7 heteroatoms. The van der Waals surface area contributed by atoms with Crippen LogP contribution in [0.4, 0.5) is 10.1 Å². The Kier molecular flexibility index (Phi) is 6.13. The highest BCUT2D eigenvalue weighted by atomic mass is 19.1. The number of benzene rings is 2. The van der Waals surface area contributed by atoms with E-state index in [0.29, 0.717) is 17.1 Å². The number of halogens is 1. The number of anilines is 1. The van der Waals surface area contributed by atoms with Gasteiger partial charge in [0.1, 0.15) is 12.4 Å². The van der Waals surface area contributed by atoms with Gasteiger partial charge in [-0.3, -0.25) is 19.4 Å². The van der Waals surface area contributed by atoms with Gasteiger partial charge in [-0.1, -0.05) is 26.0 Å². The van der Waals surface area contributed by atoms with Crippen molar-refractivity contribution in [1.29, 1.82) is 0 Å². The molecule has 2 aromatic carbocycles. The van der Waals surface area contributed by atoms with Crippen molar-refractivity contribution in [3.05, 3.63) is 106 Å². The molecule has 0 bridgehead atoms. The van der Waals surface area contributed by atoms with E-state index >= 15 is 0 Å². The van der Waals surface area contributed by atoms with Gasteiger partial charge >= 0.3 is 0 Å². The predicted octanol–water partition coefficient (Wildman–Crippen LogP) is 4.53. The Morgan fingerprint density at radius 3 is 2.39 bits per heavy atom. The van der Waals surface area contributed by atoms with Gasteiger partial charge in [0.15, 0.2) is 5.78 Å². The lowest BCUT2D eigenvalue weighted by molar-refractivity contribution is -0.116. The number of aromatic nitrogens is 2. The van der Waals surface area contributed by atoms with E-state index in [-0.39, 0.29) is 29.0 Å². The van der Waals surface area contributed by atoms with Crippen LogP contribution < -0.4 is 10.7 Å². The molecule has 0 fully saturated rings. The van der Waals surface area contributed by atoms with Gasteiger partial charge in [-0.15, -0.1) is 0 Å². The number of amides is 1. The molecule has 2 heterocycles. The summed E-state index contributed by atoms with van der Waals surface area (Å²) in [5.41, 5.74) is 1.69. The lowest BCUT2D eigenvalue weighted by Gasteiger charge is -2.14. The molecule has 1 N–H and O–H groups in total. The van der Waals surface area contributed by atoms with Gasteiger partial charge in [-0.05, 0) is 53.9 Å². The fourth-order valence-corrected chi connectivity index (χ4v) is 3.63. The van der Waals surface area contributed by atoms with E-state index in [9.17, 15) is 18.8 Å². The average molecular weight is 443 g/mol. The first-order valence-corrected chi connectivity index (χ1v) is 10.5. The molecule has 0 saturated heterocycles. The third-order valence-electron chi connectivity index (χ3n) is 5.40. The summed E-state index contributed by atoms with van der Waals surface area (Å²) in [5, 5.41) is 2.85. The number of pyridine rings is 2. The molecule has 4 aromatic rings. The van der Waals surface area contributed by atoms with E-state index < -0.39 is 17.0 Å². The first-order valence-electron chi connectivity index (χ1n) is 10.5. The van der Waals surface area contributed by atoms with Crippen molar-refractivity contribution in [2.75, 3.05) is 5.32 Å². The molecule has 166 valence electrons. The van der Waals surface area contributed by atoms with Gasteiger partial charge in [0.2, 0.25) is 11.3 Å². The van der Waals surface area contributed by atoms with Crippen LogP contribution in [0.5, 0.6) is 0 Å². The van der Waals surface area contributed by atoms with Crippen molar-refractivity contribution in [3.8, 4) is 0 Å². The van der Waals surface area contributed by atoms with Crippen molar-refractivity contribution in [2.24, 2.45) is 0 Å². The first-order chi connectivity index (χ1) is 15.8. The van der Waals surface area contributed by atoms with Gasteiger partial charge in [0, 0.05) is 35.2 Å².